The normalized spacial score (nSPS) is 43.3. The monoisotopic (exact) mass is 212 g/mol. The maximum atomic E-state index is 8.86. The van der Waals surface area contributed by atoms with E-state index in [0.29, 0.717) is 5.92 Å². The van der Waals surface area contributed by atoms with E-state index in [1.165, 1.54) is 6.42 Å². The van der Waals surface area contributed by atoms with E-state index in [1.807, 2.05) is 6.92 Å². The zero-order valence-corrected chi connectivity index (χ0v) is 6.42. The number of rotatable bonds is 1. The molecule has 1 nitrogen and oxygen atoms in total. The molecule has 42 valence electrons. The Morgan fingerprint density at radius 2 is 2.29 bits per heavy atom. The van der Waals surface area contributed by atoms with Crippen molar-refractivity contribution in [2.45, 2.75) is 23.4 Å². The highest BCUT2D eigenvalue weighted by atomic mass is 127. The summed E-state index contributed by atoms with van der Waals surface area (Å²) in [6.45, 7) is 1.86. The lowest BCUT2D eigenvalue weighted by atomic mass is 10.3. The Bertz CT molecular complexity index is 72.5. The van der Waals surface area contributed by atoms with Crippen molar-refractivity contribution in [3.8, 4) is 0 Å². The summed E-state index contributed by atoms with van der Waals surface area (Å²) in [5, 5.41) is 8.86. The molecule has 0 bridgehead atoms. The van der Waals surface area contributed by atoms with Gasteiger partial charge in [0, 0.05) is 3.92 Å². The average Bonchev–Trinajstić information content (AvgIpc) is 2.17. The number of halogens is 1. The molecule has 0 spiro atoms. The Balaban J connectivity index is 2.20. The summed E-state index contributed by atoms with van der Waals surface area (Å²) in [6.07, 6.45) is 1.15. The van der Waals surface area contributed by atoms with Crippen molar-refractivity contribution in [3.63, 3.8) is 0 Å². The first-order valence-corrected chi connectivity index (χ1v) is 3.78. The Morgan fingerprint density at radius 3 is 2.29 bits per heavy atom. The third-order valence-electron chi connectivity index (χ3n) is 1.38. The molecule has 0 amide bonds. The molecule has 0 radical (unpaired) electrons. The van der Waals surface area contributed by atoms with Crippen molar-refractivity contribution < 1.29 is 5.11 Å². The number of aliphatic hydroxyl groups is 1. The molecule has 0 aliphatic heterocycles. The van der Waals surface area contributed by atoms with E-state index in [9.17, 15) is 0 Å². The predicted molar refractivity (Wildman–Crippen MR) is 37.6 cm³/mol. The predicted octanol–water partition coefficient (Wildman–Crippen LogP) is 1.19. The van der Waals surface area contributed by atoms with Gasteiger partial charge in [0.2, 0.25) is 0 Å². The number of aliphatic hydroxyl groups excluding tert-OH is 1. The lowest BCUT2D eigenvalue weighted by Gasteiger charge is -1.95. The topological polar surface area (TPSA) is 20.2 Å². The Morgan fingerprint density at radius 1 is 1.86 bits per heavy atom. The van der Waals surface area contributed by atoms with Crippen LogP contribution >= 0.6 is 22.6 Å². The van der Waals surface area contributed by atoms with Crippen LogP contribution in [0.25, 0.3) is 0 Å². The van der Waals surface area contributed by atoms with Crippen LogP contribution in [-0.4, -0.2) is 15.1 Å². The summed E-state index contributed by atoms with van der Waals surface area (Å²) in [5.41, 5.74) is 0. The minimum Gasteiger partial charge on any atom is -0.393 e. The van der Waals surface area contributed by atoms with Crippen LogP contribution in [0.2, 0.25) is 0 Å². The lowest BCUT2D eigenvalue weighted by molar-refractivity contribution is 0.172. The minimum atomic E-state index is -0.0677. The number of hydrogen-bond donors (Lipinski definition) is 1. The first-order valence-electron chi connectivity index (χ1n) is 2.54. The zero-order valence-electron chi connectivity index (χ0n) is 4.26. The van der Waals surface area contributed by atoms with Gasteiger partial charge >= 0.3 is 0 Å². The van der Waals surface area contributed by atoms with Crippen molar-refractivity contribution in [1.29, 1.82) is 0 Å². The Kier molecular flexibility index (Phi) is 1.58. The second-order valence-corrected chi connectivity index (χ2v) is 3.76. The van der Waals surface area contributed by atoms with Gasteiger partial charge in [0.15, 0.2) is 0 Å². The molecule has 3 atom stereocenters. The molecule has 7 heavy (non-hydrogen) atoms. The number of hydrogen-bond acceptors (Lipinski definition) is 1. The first-order chi connectivity index (χ1) is 3.22. The van der Waals surface area contributed by atoms with Gasteiger partial charge in [-0.3, -0.25) is 0 Å². The van der Waals surface area contributed by atoms with Crippen molar-refractivity contribution >= 4 is 22.6 Å². The summed E-state index contributed by atoms with van der Waals surface area (Å²) in [5.74, 6) is 0.612. The molecular weight excluding hydrogens is 203 g/mol. The van der Waals surface area contributed by atoms with Gasteiger partial charge in [-0.1, -0.05) is 22.6 Å². The molecule has 0 aromatic rings. The molecule has 2 heteroatoms. The molecule has 1 saturated carbocycles. The summed E-state index contributed by atoms with van der Waals surface area (Å²) >= 11 is 2.37. The zero-order chi connectivity index (χ0) is 5.44. The quantitative estimate of drug-likeness (QED) is 0.511. The summed E-state index contributed by atoms with van der Waals surface area (Å²) in [4.78, 5) is 0. The molecule has 1 aliphatic carbocycles. The fourth-order valence-electron chi connectivity index (χ4n) is 0.681. The maximum absolute atomic E-state index is 8.86. The average molecular weight is 212 g/mol. The fraction of sp³-hybridized carbons (Fsp3) is 1.00. The molecule has 0 unspecified atom stereocenters. The highest BCUT2D eigenvalue weighted by Gasteiger charge is 2.37. The van der Waals surface area contributed by atoms with E-state index in [1.54, 1.807) is 0 Å². The maximum Gasteiger partial charge on any atom is 0.0550 e. The van der Waals surface area contributed by atoms with Gasteiger partial charge in [0.25, 0.3) is 0 Å². The van der Waals surface area contributed by atoms with Crippen LogP contribution in [0.5, 0.6) is 0 Å². The minimum absolute atomic E-state index is 0.0677. The van der Waals surface area contributed by atoms with Crippen molar-refractivity contribution in [1.82, 2.24) is 0 Å². The molecule has 0 aromatic carbocycles. The van der Waals surface area contributed by atoms with Gasteiger partial charge in [-0.2, -0.15) is 0 Å². The molecule has 1 N–H and O–H groups in total. The van der Waals surface area contributed by atoms with Gasteiger partial charge < -0.3 is 5.11 Å². The van der Waals surface area contributed by atoms with E-state index >= 15 is 0 Å². The molecule has 1 fully saturated rings. The molecule has 1 rings (SSSR count). The van der Waals surface area contributed by atoms with Crippen molar-refractivity contribution in [3.05, 3.63) is 0 Å². The fourth-order valence-corrected chi connectivity index (χ4v) is 1.87. The SMILES string of the molecule is C[C@@H](O)[C@@H]1C[C@@H]1I. The van der Waals surface area contributed by atoms with Crippen molar-refractivity contribution in [2.24, 2.45) is 5.92 Å². The van der Waals surface area contributed by atoms with Gasteiger partial charge in [0.1, 0.15) is 0 Å². The second kappa shape index (κ2) is 1.90. The van der Waals surface area contributed by atoms with Gasteiger partial charge in [-0.15, -0.1) is 0 Å². The molecule has 0 saturated heterocycles. The summed E-state index contributed by atoms with van der Waals surface area (Å²) in [6, 6.07) is 0. The van der Waals surface area contributed by atoms with Gasteiger partial charge in [-0.25, -0.2) is 0 Å². The van der Waals surface area contributed by atoms with E-state index in [-0.39, 0.29) is 6.10 Å². The van der Waals surface area contributed by atoms with Crippen LogP contribution in [0.3, 0.4) is 0 Å². The first kappa shape index (κ1) is 5.82. The lowest BCUT2D eigenvalue weighted by Crippen LogP contribution is -2.02. The van der Waals surface area contributed by atoms with E-state index in [2.05, 4.69) is 22.6 Å². The molecule has 1 aliphatic rings. The number of alkyl halides is 1. The third-order valence-corrected chi connectivity index (χ3v) is 2.81. The van der Waals surface area contributed by atoms with Gasteiger partial charge in [0.05, 0.1) is 6.10 Å². The highest BCUT2D eigenvalue weighted by molar-refractivity contribution is 14.1. The standard InChI is InChI=1S/C5H9IO/c1-3(7)4-2-5(4)6/h3-5,7H,2H2,1H3/t3-,4+,5+/m1/s1. The largest absolute Gasteiger partial charge is 0.393 e. The van der Waals surface area contributed by atoms with Crippen LogP contribution in [0.4, 0.5) is 0 Å². The molecule has 0 heterocycles. The van der Waals surface area contributed by atoms with E-state index in [4.69, 9.17) is 5.11 Å². The van der Waals surface area contributed by atoms with Crippen LogP contribution < -0.4 is 0 Å². The highest BCUT2D eigenvalue weighted by Crippen LogP contribution is 2.40. The summed E-state index contributed by atoms with van der Waals surface area (Å²) < 4.78 is 0.762. The Hall–Kier alpha value is 0.690. The smallest absolute Gasteiger partial charge is 0.0550 e. The van der Waals surface area contributed by atoms with E-state index in [0.717, 1.165) is 3.92 Å². The third kappa shape index (κ3) is 1.29. The second-order valence-electron chi connectivity index (χ2n) is 2.16. The van der Waals surface area contributed by atoms with Crippen molar-refractivity contribution in [2.75, 3.05) is 0 Å². The van der Waals surface area contributed by atoms with Crippen LogP contribution in [-0.2, 0) is 0 Å². The van der Waals surface area contributed by atoms with Gasteiger partial charge in [-0.05, 0) is 19.3 Å². The molecular formula is C5H9IO. The Labute approximate surface area is 57.2 Å². The molecule has 0 aromatic heterocycles. The van der Waals surface area contributed by atoms with E-state index < -0.39 is 0 Å². The van der Waals surface area contributed by atoms with Crippen LogP contribution in [0.1, 0.15) is 13.3 Å². The summed E-state index contributed by atoms with van der Waals surface area (Å²) in [7, 11) is 0. The van der Waals surface area contributed by atoms with Crippen LogP contribution in [0.15, 0.2) is 0 Å². The van der Waals surface area contributed by atoms with Crippen LogP contribution in [0, 0.1) is 5.92 Å².